The van der Waals surface area contributed by atoms with Gasteiger partial charge in [-0.1, -0.05) is 29.5 Å². The lowest BCUT2D eigenvalue weighted by atomic mass is 10.2. The molecule has 0 spiro atoms. The van der Waals surface area contributed by atoms with Crippen LogP contribution in [0.5, 0.6) is 0 Å². The molecule has 1 saturated heterocycles. The maximum atomic E-state index is 13.1. The second kappa shape index (κ2) is 7.83. The minimum atomic E-state index is -3.72. The summed E-state index contributed by atoms with van der Waals surface area (Å²) >= 11 is 1.37. The van der Waals surface area contributed by atoms with Crippen LogP contribution in [0.3, 0.4) is 0 Å². The van der Waals surface area contributed by atoms with Crippen LogP contribution in [0.25, 0.3) is 10.2 Å². The summed E-state index contributed by atoms with van der Waals surface area (Å²) < 4.78 is 34.1. The lowest BCUT2D eigenvalue weighted by Crippen LogP contribution is -2.48. The number of sulfonamides is 1. The van der Waals surface area contributed by atoms with Gasteiger partial charge in [0, 0.05) is 18.7 Å². The topological polar surface area (TPSA) is 88.6 Å². The van der Waals surface area contributed by atoms with E-state index in [4.69, 9.17) is 4.74 Å². The number of morpholine rings is 1. The summed E-state index contributed by atoms with van der Waals surface area (Å²) in [5, 5.41) is 3.23. The van der Waals surface area contributed by atoms with Crippen molar-refractivity contribution in [2.24, 2.45) is 0 Å². The molecule has 1 aliphatic rings. The zero-order chi connectivity index (χ0) is 20.6. The fourth-order valence-corrected chi connectivity index (χ4v) is 5.87. The summed E-state index contributed by atoms with van der Waals surface area (Å²) in [6.07, 6.45) is -0.363. The van der Waals surface area contributed by atoms with Crippen molar-refractivity contribution in [3.8, 4) is 0 Å². The van der Waals surface area contributed by atoms with Gasteiger partial charge in [-0.2, -0.15) is 4.31 Å². The number of carbonyl (C=O) groups is 1. The molecule has 2 atom stereocenters. The maximum Gasteiger partial charge on any atom is 0.257 e. The van der Waals surface area contributed by atoms with Gasteiger partial charge in [0.2, 0.25) is 10.0 Å². The Labute approximate surface area is 173 Å². The lowest BCUT2D eigenvalue weighted by molar-refractivity contribution is -0.0440. The number of hydrogen-bond acceptors (Lipinski definition) is 6. The normalized spacial score (nSPS) is 20.6. The van der Waals surface area contributed by atoms with Gasteiger partial charge < -0.3 is 4.74 Å². The number of amides is 1. The largest absolute Gasteiger partial charge is 0.373 e. The molecule has 29 heavy (non-hydrogen) atoms. The highest BCUT2D eigenvalue weighted by molar-refractivity contribution is 7.89. The van der Waals surface area contributed by atoms with E-state index in [-0.39, 0.29) is 35.8 Å². The second-order valence-corrected chi connectivity index (χ2v) is 10.0. The lowest BCUT2D eigenvalue weighted by Gasteiger charge is -2.34. The molecule has 1 N–H and O–H groups in total. The van der Waals surface area contributed by atoms with E-state index >= 15 is 0 Å². The van der Waals surface area contributed by atoms with Gasteiger partial charge in [-0.25, -0.2) is 13.4 Å². The Kier molecular flexibility index (Phi) is 5.39. The number of nitrogens with zero attached hydrogens (tertiary/aromatic N) is 2. The number of nitrogens with one attached hydrogen (secondary N) is 1. The highest BCUT2D eigenvalue weighted by atomic mass is 32.2. The Hall–Kier alpha value is -2.33. The molecule has 2 aromatic carbocycles. The van der Waals surface area contributed by atoms with E-state index in [1.54, 1.807) is 12.1 Å². The number of hydrogen-bond donors (Lipinski definition) is 1. The number of thiazole rings is 1. The van der Waals surface area contributed by atoms with Gasteiger partial charge in [0.15, 0.2) is 5.13 Å². The highest BCUT2D eigenvalue weighted by Crippen LogP contribution is 2.26. The first-order valence-electron chi connectivity index (χ1n) is 9.25. The Balaban J connectivity index is 1.56. The molecule has 0 saturated carbocycles. The van der Waals surface area contributed by atoms with Gasteiger partial charge in [0.25, 0.3) is 5.91 Å². The number of para-hydroxylation sites is 1. The van der Waals surface area contributed by atoms with Crippen LogP contribution >= 0.6 is 11.3 Å². The van der Waals surface area contributed by atoms with E-state index in [0.717, 1.165) is 10.2 Å². The van der Waals surface area contributed by atoms with Crippen molar-refractivity contribution in [3.05, 3.63) is 54.1 Å². The molecule has 1 aliphatic heterocycles. The molecule has 2 unspecified atom stereocenters. The summed E-state index contributed by atoms with van der Waals surface area (Å²) in [6.45, 7) is 4.27. The summed E-state index contributed by atoms with van der Waals surface area (Å²) in [6, 6.07) is 13.7. The van der Waals surface area contributed by atoms with Gasteiger partial charge >= 0.3 is 0 Å². The van der Waals surface area contributed by atoms with Crippen LogP contribution in [0.4, 0.5) is 5.13 Å². The van der Waals surface area contributed by atoms with E-state index < -0.39 is 15.9 Å². The van der Waals surface area contributed by atoms with Crippen LogP contribution in [-0.2, 0) is 14.8 Å². The van der Waals surface area contributed by atoms with Crippen molar-refractivity contribution in [2.75, 3.05) is 18.4 Å². The van der Waals surface area contributed by atoms with Crippen LogP contribution in [0.2, 0.25) is 0 Å². The second-order valence-electron chi connectivity index (χ2n) is 7.05. The summed E-state index contributed by atoms with van der Waals surface area (Å²) in [4.78, 5) is 17.2. The number of benzene rings is 2. The van der Waals surface area contributed by atoms with Gasteiger partial charge in [0.1, 0.15) is 0 Å². The molecule has 0 aliphatic carbocycles. The molecule has 3 aromatic rings. The average Bonchev–Trinajstić information content (AvgIpc) is 3.09. The number of carbonyl (C=O) groups excluding carboxylic acids is 1. The van der Waals surface area contributed by atoms with E-state index in [1.165, 1.54) is 27.8 Å². The zero-order valence-electron chi connectivity index (χ0n) is 16.0. The number of anilines is 1. The van der Waals surface area contributed by atoms with Crippen LogP contribution in [0, 0.1) is 0 Å². The van der Waals surface area contributed by atoms with E-state index in [0.29, 0.717) is 5.13 Å². The predicted molar refractivity (Wildman–Crippen MR) is 113 cm³/mol. The van der Waals surface area contributed by atoms with Gasteiger partial charge in [-0.3, -0.25) is 10.1 Å². The molecule has 9 heteroatoms. The van der Waals surface area contributed by atoms with Crippen molar-refractivity contribution in [1.29, 1.82) is 0 Å². The quantitative estimate of drug-likeness (QED) is 0.684. The third-order valence-electron chi connectivity index (χ3n) is 4.63. The summed E-state index contributed by atoms with van der Waals surface area (Å²) in [7, 11) is -3.72. The summed E-state index contributed by atoms with van der Waals surface area (Å²) in [5.41, 5.74) is 1.07. The monoisotopic (exact) mass is 431 g/mol. The van der Waals surface area contributed by atoms with E-state index in [9.17, 15) is 13.2 Å². The first-order chi connectivity index (χ1) is 13.8. The Bertz CT molecular complexity index is 1120. The zero-order valence-corrected chi connectivity index (χ0v) is 17.7. The van der Waals surface area contributed by atoms with Crippen molar-refractivity contribution in [3.63, 3.8) is 0 Å². The number of fused-ring (bicyclic) bond motifs is 1. The van der Waals surface area contributed by atoms with Crippen LogP contribution in [0.1, 0.15) is 24.2 Å². The predicted octanol–water partition coefficient (Wildman–Crippen LogP) is 3.35. The van der Waals surface area contributed by atoms with E-state index in [1.807, 2.05) is 38.1 Å². The van der Waals surface area contributed by atoms with Crippen molar-refractivity contribution in [2.45, 2.75) is 31.0 Å². The molecular formula is C20H21N3O4S2. The molecular weight excluding hydrogens is 410 g/mol. The van der Waals surface area contributed by atoms with Crippen LogP contribution < -0.4 is 5.32 Å². The van der Waals surface area contributed by atoms with E-state index in [2.05, 4.69) is 10.3 Å². The fraction of sp³-hybridized carbons (Fsp3) is 0.300. The van der Waals surface area contributed by atoms with Gasteiger partial charge in [-0.15, -0.1) is 0 Å². The molecule has 1 amide bonds. The fourth-order valence-electron chi connectivity index (χ4n) is 3.37. The first kappa shape index (κ1) is 20.0. The molecule has 0 bridgehead atoms. The smallest absolute Gasteiger partial charge is 0.257 e. The number of ether oxygens (including phenoxy) is 1. The molecule has 152 valence electrons. The van der Waals surface area contributed by atoms with Gasteiger partial charge in [0.05, 0.1) is 27.3 Å². The Morgan fingerprint density at radius 2 is 1.86 bits per heavy atom. The minimum Gasteiger partial charge on any atom is -0.373 e. The maximum absolute atomic E-state index is 13.1. The number of aromatic nitrogens is 1. The molecule has 7 nitrogen and oxygen atoms in total. The molecule has 2 heterocycles. The van der Waals surface area contributed by atoms with Crippen molar-refractivity contribution in [1.82, 2.24) is 9.29 Å². The van der Waals surface area contributed by atoms with Crippen LogP contribution in [-0.4, -0.2) is 48.9 Å². The highest BCUT2D eigenvalue weighted by Gasteiger charge is 2.32. The SMILES string of the molecule is CC1CN(S(=O)(=O)c2cccc(C(=O)Nc3nc4ccccc4s3)c2)CC(C)O1. The Morgan fingerprint density at radius 3 is 2.59 bits per heavy atom. The van der Waals surface area contributed by atoms with Crippen LogP contribution in [0.15, 0.2) is 53.4 Å². The third kappa shape index (κ3) is 4.18. The average molecular weight is 432 g/mol. The Morgan fingerprint density at radius 1 is 1.14 bits per heavy atom. The van der Waals surface area contributed by atoms with Crippen molar-refractivity contribution < 1.29 is 17.9 Å². The minimum absolute atomic E-state index is 0.0933. The molecule has 1 aromatic heterocycles. The molecule has 1 fully saturated rings. The first-order valence-corrected chi connectivity index (χ1v) is 11.5. The number of rotatable bonds is 4. The van der Waals surface area contributed by atoms with Crippen molar-refractivity contribution >= 4 is 42.6 Å². The molecule has 0 radical (unpaired) electrons. The van der Waals surface area contributed by atoms with Gasteiger partial charge in [-0.05, 0) is 44.2 Å². The third-order valence-corrected chi connectivity index (χ3v) is 7.41. The standard InChI is InChI=1S/C20H21N3O4S2/c1-13-11-23(12-14(2)27-13)29(25,26)16-7-5-6-15(10-16)19(24)22-20-21-17-8-3-4-9-18(17)28-20/h3-10,13-14H,11-12H2,1-2H3,(H,21,22,24). The summed E-state index contributed by atoms with van der Waals surface area (Å²) in [5.74, 6) is -0.398. The molecule has 4 rings (SSSR count).